The van der Waals surface area contributed by atoms with Crippen molar-refractivity contribution < 1.29 is 29.0 Å². The summed E-state index contributed by atoms with van der Waals surface area (Å²) in [5.74, 6) is -0.142. The summed E-state index contributed by atoms with van der Waals surface area (Å²) in [6, 6.07) is 5.41. The Morgan fingerprint density at radius 3 is 2.33 bits per heavy atom. The molecule has 8 atom stereocenters. The molecule has 0 bridgehead atoms. The number of aromatic nitrogens is 1. The summed E-state index contributed by atoms with van der Waals surface area (Å²) in [5, 5.41) is 16.0. The molecule has 0 saturated heterocycles. The molecular formula is C42H61N3O6. The molecule has 1 aromatic rings. The van der Waals surface area contributed by atoms with Gasteiger partial charge < -0.3 is 20.5 Å². The van der Waals surface area contributed by atoms with Gasteiger partial charge in [-0.15, -0.1) is 0 Å². The van der Waals surface area contributed by atoms with E-state index >= 15 is 0 Å². The number of carboxylic acid groups (broad SMARTS) is 1. The molecule has 6 rings (SSSR count). The number of hydrogen-bond donors (Lipinski definition) is 3. The number of aliphatic carboxylic acids is 1. The van der Waals surface area contributed by atoms with Crippen molar-refractivity contribution in [1.82, 2.24) is 15.6 Å². The van der Waals surface area contributed by atoms with Crippen LogP contribution in [0.2, 0.25) is 0 Å². The minimum Gasteiger partial charge on any atom is -0.481 e. The molecule has 0 aliphatic heterocycles. The Kier molecular flexibility index (Phi) is 9.36. The molecule has 1 aromatic heterocycles. The van der Waals surface area contributed by atoms with E-state index < -0.39 is 22.9 Å². The average molecular weight is 704 g/mol. The van der Waals surface area contributed by atoms with E-state index in [-0.39, 0.29) is 57.8 Å². The fraction of sp³-hybridized carbons (Fsp3) is 0.738. The van der Waals surface area contributed by atoms with Gasteiger partial charge in [0, 0.05) is 18.0 Å². The van der Waals surface area contributed by atoms with Crippen LogP contribution >= 0.6 is 0 Å². The number of amides is 2. The molecule has 51 heavy (non-hydrogen) atoms. The van der Waals surface area contributed by atoms with Crippen LogP contribution in [0.4, 0.5) is 4.79 Å². The average Bonchev–Trinajstić information content (AvgIpc) is 3.33. The van der Waals surface area contributed by atoms with E-state index in [2.05, 4.69) is 64.1 Å². The number of nitrogens with one attached hydrogen (secondary N) is 2. The van der Waals surface area contributed by atoms with Gasteiger partial charge in [-0.2, -0.15) is 0 Å². The summed E-state index contributed by atoms with van der Waals surface area (Å²) in [6.07, 6.45) is 9.20. The maximum atomic E-state index is 13.9. The first kappa shape index (κ1) is 37.5. The number of carbonyl (C=O) groups is 4. The second kappa shape index (κ2) is 12.7. The first-order chi connectivity index (χ1) is 23.7. The number of esters is 1. The normalized spacial score (nSPS) is 37.1. The molecule has 9 nitrogen and oxygen atoms in total. The van der Waals surface area contributed by atoms with Crippen LogP contribution < -0.4 is 10.6 Å². The lowest BCUT2D eigenvalue weighted by Crippen LogP contribution is -2.67. The van der Waals surface area contributed by atoms with Crippen LogP contribution in [0.1, 0.15) is 132 Å². The van der Waals surface area contributed by atoms with Crippen molar-refractivity contribution in [2.24, 2.45) is 50.7 Å². The van der Waals surface area contributed by atoms with E-state index in [1.807, 2.05) is 18.2 Å². The SMILES string of the molecule is CC(C)C1=C2[C@H]3CC[C@@H]4[C@@]5(C)CC[C@H](OC(=O)CC(C)(C)C(=O)O)C(C)(C)[C@@H]5CC[C@@]4(C)[C@]3(C)CC[C@@]2(NC(=O)NCc2ccccn2)CC1=O. The van der Waals surface area contributed by atoms with Crippen molar-refractivity contribution >= 4 is 23.8 Å². The zero-order valence-corrected chi connectivity index (χ0v) is 32.4. The van der Waals surface area contributed by atoms with Crippen LogP contribution in [0.25, 0.3) is 0 Å². The number of rotatable bonds is 8. The van der Waals surface area contributed by atoms with E-state index in [0.29, 0.717) is 24.8 Å². The van der Waals surface area contributed by atoms with Gasteiger partial charge >= 0.3 is 18.0 Å². The highest BCUT2D eigenvalue weighted by Gasteiger charge is 2.70. The number of carbonyl (C=O) groups excluding carboxylic acids is 3. The van der Waals surface area contributed by atoms with Crippen LogP contribution in [0, 0.1) is 50.7 Å². The third kappa shape index (κ3) is 5.93. The Labute approximate surface area is 304 Å². The first-order valence-electron chi connectivity index (χ1n) is 19.4. The van der Waals surface area contributed by atoms with Crippen molar-refractivity contribution in [1.29, 1.82) is 0 Å². The van der Waals surface area contributed by atoms with E-state index in [1.165, 1.54) is 5.57 Å². The minimum atomic E-state index is -1.17. The van der Waals surface area contributed by atoms with Gasteiger partial charge in [0.15, 0.2) is 5.78 Å². The van der Waals surface area contributed by atoms with Gasteiger partial charge in [-0.3, -0.25) is 19.4 Å². The van der Waals surface area contributed by atoms with Gasteiger partial charge in [0.1, 0.15) is 6.10 Å². The van der Waals surface area contributed by atoms with Gasteiger partial charge in [0.25, 0.3) is 0 Å². The van der Waals surface area contributed by atoms with Gasteiger partial charge in [0.05, 0.1) is 29.6 Å². The van der Waals surface area contributed by atoms with Crippen molar-refractivity contribution in [3.8, 4) is 0 Å². The Morgan fingerprint density at radius 2 is 1.69 bits per heavy atom. The topological polar surface area (TPSA) is 135 Å². The summed E-state index contributed by atoms with van der Waals surface area (Å²) in [6.45, 7) is 19.8. The standard InChI is InChI=1S/C42H61N3O6/c1-25(2)33-28(46)22-42(45-36(50)44-24-26-12-10-11-21-43-26)20-19-40(8)27(34(33)42)13-14-30-39(7)17-16-31(51-32(47)23-37(3,4)35(48)49)38(5,6)29(39)15-18-41(30,40)9/h10-12,21,25,27,29-31H,13-20,22-24H2,1-9H3,(H,48,49)(H2,44,45,50)/t27-,29+,30-,31+,39+,40-,41-,42-/m1/s1. The number of urea groups is 1. The predicted octanol–water partition coefficient (Wildman–Crippen LogP) is 8.03. The van der Waals surface area contributed by atoms with E-state index in [4.69, 9.17) is 4.74 Å². The molecule has 5 aliphatic carbocycles. The van der Waals surface area contributed by atoms with Gasteiger partial charge in [-0.1, -0.05) is 54.5 Å². The lowest BCUT2D eigenvalue weighted by molar-refractivity contribution is -0.232. The summed E-state index contributed by atoms with van der Waals surface area (Å²) >= 11 is 0. The minimum absolute atomic E-state index is 0.0282. The summed E-state index contributed by atoms with van der Waals surface area (Å²) in [5.41, 5.74) is 0.866. The fourth-order valence-corrected chi connectivity index (χ4v) is 12.5. The lowest BCUT2D eigenvalue weighted by atomic mass is 9.33. The van der Waals surface area contributed by atoms with E-state index in [0.717, 1.165) is 62.6 Å². The molecular weight excluding hydrogens is 642 g/mol. The number of ether oxygens (including phenoxy) is 1. The Balaban J connectivity index is 1.26. The predicted molar refractivity (Wildman–Crippen MR) is 195 cm³/mol. The van der Waals surface area contributed by atoms with Crippen LogP contribution in [0.3, 0.4) is 0 Å². The molecule has 0 unspecified atom stereocenters. The van der Waals surface area contributed by atoms with Gasteiger partial charge in [-0.05, 0) is 128 Å². The van der Waals surface area contributed by atoms with E-state index in [9.17, 15) is 24.3 Å². The summed E-state index contributed by atoms with van der Waals surface area (Å²) in [7, 11) is 0. The number of hydrogen-bond acceptors (Lipinski definition) is 6. The molecule has 0 aromatic carbocycles. The molecule has 1 heterocycles. The maximum absolute atomic E-state index is 13.9. The highest BCUT2D eigenvalue weighted by atomic mass is 16.5. The highest BCUT2D eigenvalue weighted by Crippen LogP contribution is 2.76. The number of pyridine rings is 1. The van der Waals surface area contributed by atoms with Crippen LogP contribution in [0.5, 0.6) is 0 Å². The van der Waals surface area contributed by atoms with Crippen molar-refractivity contribution in [2.45, 2.75) is 145 Å². The molecule has 4 fully saturated rings. The van der Waals surface area contributed by atoms with Crippen molar-refractivity contribution in [3.05, 3.63) is 41.2 Å². The van der Waals surface area contributed by atoms with Crippen LogP contribution in [-0.2, 0) is 25.7 Å². The third-order valence-corrected chi connectivity index (χ3v) is 15.3. The van der Waals surface area contributed by atoms with Crippen LogP contribution in [0.15, 0.2) is 35.5 Å². The smallest absolute Gasteiger partial charge is 0.315 e. The molecule has 3 N–H and O–H groups in total. The highest BCUT2D eigenvalue weighted by molar-refractivity contribution is 6.02. The molecule has 5 aliphatic rings. The van der Waals surface area contributed by atoms with Crippen LogP contribution in [-0.4, -0.2) is 45.5 Å². The number of carboxylic acids is 1. The van der Waals surface area contributed by atoms with E-state index in [1.54, 1.807) is 20.0 Å². The summed E-state index contributed by atoms with van der Waals surface area (Å²) in [4.78, 5) is 56.6. The quantitative estimate of drug-likeness (QED) is 0.233. The largest absolute Gasteiger partial charge is 0.481 e. The third-order valence-electron chi connectivity index (χ3n) is 15.3. The Morgan fingerprint density at radius 1 is 0.961 bits per heavy atom. The first-order valence-corrected chi connectivity index (χ1v) is 19.4. The second-order valence-corrected chi connectivity index (χ2v) is 19.1. The number of fused-ring (bicyclic) bond motifs is 7. The number of nitrogens with zero attached hydrogens (tertiary/aromatic N) is 1. The Hall–Kier alpha value is -3.23. The zero-order valence-electron chi connectivity index (χ0n) is 32.4. The maximum Gasteiger partial charge on any atom is 0.315 e. The van der Waals surface area contributed by atoms with Gasteiger partial charge in [-0.25, -0.2) is 4.79 Å². The number of Topliss-reactive ketones (excluding diaryl/α,β-unsaturated/α-hetero) is 1. The van der Waals surface area contributed by atoms with Crippen molar-refractivity contribution in [2.75, 3.05) is 0 Å². The number of ketones is 1. The Bertz CT molecular complexity index is 1620. The second-order valence-electron chi connectivity index (χ2n) is 19.1. The molecule has 2 amide bonds. The fourth-order valence-electron chi connectivity index (χ4n) is 12.5. The zero-order chi connectivity index (χ0) is 37.4. The van der Waals surface area contributed by atoms with Gasteiger partial charge in [0.2, 0.25) is 0 Å². The monoisotopic (exact) mass is 703 g/mol. The molecule has 9 heteroatoms. The molecule has 0 spiro atoms. The summed E-state index contributed by atoms with van der Waals surface area (Å²) < 4.78 is 6.15. The molecule has 0 radical (unpaired) electrons. The molecule has 280 valence electrons. The molecule has 4 saturated carbocycles. The number of allylic oxidation sites excluding steroid dienone is 1. The van der Waals surface area contributed by atoms with Crippen molar-refractivity contribution in [3.63, 3.8) is 0 Å². The lowest BCUT2D eigenvalue weighted by Gasteiger charge is -2.72.